The summed E-state index contributed by atoms with van der Waals surface area (Å²) in [7, 11) is 1.09. The lowest BCUT2D eigenvalue weighted by Crippen LogP contribution is -2.39. The Morgan fingerprint density at radius 2 is 2.05 bits per heavy atom. The fraction of sp³-hybridized carbons (Fsp3) is 0.533. The number of benzene rings is 1. The zero-order chi connectivity index (χ0) is 16.5. The van der Waals surface area contributed by atoms with Gasteiger partial charge in [0.05, 0.1) is 10.7 Å². The van der Waals surface area contributed by atoms with Crippen molar-refractivity contribution in [2.45, 2.75) is 38.4 Å². The van der Waals surface area contributed by atoms with Crippen molar-refractivity contribution in [1.82, 2.24) is 0 Å². The maximum atomic E-state index is 12.5. The van der Waals surface area contributed by atoms with Gasteiger partial charge in [0.1, 0.15) is 0 Å². The molecular formula is C15H18ClF3N2O. The van der Waals surface area contributed by atoms with Crippen LogP contribution in [0.2, 0.25) is 5.02 Å². The highest BCUT2D eigenvalue weighted by atomic mass is 35.5. The van der Waals surface area contributed by atoms with Crippen molar-refractivity contribution in [3.05, 3.63) is 23.2 Å². The smallest absolute Gasteiger partial charge is 0.368 e. The van der Waals surface area contributed by atoms with E-state index in [4.69, 9.17) is 11.6 Å². The number of piperidine rings is 1. The Labute approximate surface area is 132 Å². The number of carbonyl (C=O) groups is 1. The molecule has 1 aromatic rings. The van der Waals surface area contributed by atoms with Crippen molar-refractivity contribution < 1.29 is 18.0 Å². The molecule has 0 radical (unpaired) electrons. The molecule has 122 valence electrons. The largest absolute Gasteiger partial charge is 0.471 e. The third-order valence-electron chi connectivity index (χ3n) is 3.98. The van der Waals surface area contributed by atoms with Crippen LogP contribution in [0.1, 0.15) is 26.2 Å². The Kier molecular flexibility index (Phi) is 4.90. The molecule has 1 aromatic carbocycles. The molecule has 7 heteroatoms. The van der Waals surface area contributed by atoms with Crippen LogP contribution in [0.3, 0.4) is 0 Å². The number of alkyl halides is 3. The number of nitrogens with zero attached hydrogens (tertiary/aromatic N) is 2. The number of anilines is 2. The highest BCUT2D eigenvalue weighted by Gasteiger charge is 2.41. The van der Waals surface area contributed by atoms with Crippen LogP contribution >= 0.6 is 11.6 Å². The standard InChI is InChI=1S/C15H18ClF3N2O/c1-10-5-3-4-8-21(10)13-7-6-11(9-12(13)16)20(2)14(22)15(17,18)19/h6-7,9-10H,3-5,8H2,1-2H3. The van der Waals surface area contributed by atoms with Crippen LogP contribution in [-0.4, -0.2) is 31.7 Å². The minimum absolute atomic E-state index is 0.126. The van der Waals surface area contributed by atoms with E-state index < -0.39 is 12.1 Å². The molecule has 0 aliphatic carbocycles. The van der Waals surface area contributed by atoms with Crippen molar-refractivity contribution in [3.63, 3.8) is 0 Å². The van der Waals surface area contributed by atoms with Gasteiger partial charge in [-0.3, -0.25) is 4.79 Å². The molecule has 1 atom stereocenters. The highest BCUT2D eigenvalue weighted by Crippen LogP contribution is 2.34. The number of amides is 1. The van der Waals surface area contributed by atoms with Gasteiger partial charge in [-0.15, -0.1) is 0 Å². The Hall–Kier alpha value is -1.43. The SMILES string of the molecule is CC1CCCCN1c1ccc(N(C)C(=O)C(F)(F)F)cc1Cl. The zero-order valence-electron chi connectivity index (χ0n) is 12.5. The first-order chi connectivity index (χ1) is 10.2. The first-order valence-electron chi connectivity index (χ1n) is 7.13. The molecule has 1 unspecified atom stereocenters. The van der Waals surface area contributed by atoms with E-state index in [1.807, 2.05) is 0 Å². The van der Waals surface area contributed by atoms with E-state index in [-0.39, 0.29) is 5.69 Å². The lowest BCUT2D eigenvalue weighted by Gasteiger charge is -2.36. The Balaban J connectivity index is 2.24. The van der Waals surface area contributed by atoms with Gasteiger partial charge in [-0.1, -0.05) is 11.6 Å². The molecule has 0 saturated carbocycles. The molecule has 1 fully saturated rings. The molecule has 0 N–H and O–H groups in total. The monoisotopic (exact) mass is 334 g/mol. The van der Waals surface area contributed by atoms with Crippen molar-refractivity contribution in [3.8, 4) is 0 Å². The highest BCUT2D eigenvalue weighted by molar-refractivity contribution is 6.33. The van der Waals surface area contributed by atoms with Gasteiger partial charge < -0.3 is 9.80 Å². The number of halogens is 4. The van der Waals surface area contributed by atoms with E-state index in [1.54, 1.807) is 6.07 Å². The molecular weight excluding hydrogens is 317 g/mol. The molecule has 0 bridgehead atoms. The number of rotatable bonds is 2. The van der Waals surface area contributed by atoms with Gasteiger partial charge in [-0.05, 0) is 44.4 Å². The Bertz CT molecular complexity index is 562. The molecule has 1 amide bonds. The predicted molar refractivity (Wildman–Crippen MR) is 81.6 cm³/mol. The third-order valence-corrected chi connectivity index (χ3v) is 4.28. The molecule has 1 saturated heterocycles. The first kappa shape index (κ1) is 16.9. The summed E-state index contributed by atoms with van der Waals surface area (Å²) in [6.07, 6.45) is -1.61. The molecule has 0 spiro atoms. The van der Waals surface area contributed by atoms with E-state index >= 15 is 0 Å². The van der Waals surface area contributed by atoms with Gasteiger partial charge >= 0.3 is 12.1 Å². The third kappa shape index (κ3) is 3.48. The van der Waals surface area contributed by atoms with Crippen molar-refractivity contribution in [1.29, 1.82) is 0 Å². The van der Waals surface area contributed by atoms with Gasteiger partial charge in [-0.25, -0.2) is 0 Å². The van der Waals surface area contributed by atoms with Crippen LogP contribution in [-0.2, 0) is 4.79 Å². The lowest BCUT2D eigenvalue weighted by molar-refractivity contribution is -0.170. The summed E-state index contributed by atoms with van der Waals surface area (Å²) in [6, 6.07) is 4.92. The summed E-state index contributed by atoms with van der Waals surface area (Å²) >= 11 is 6.23. The fourth-order valence-corrected chi connectivity index (χ4v) is 2.98. The zero-order valence-corrected chi connectivity index (χ0v) is 13.2. The molecule has 2 rings (SSSR count). The van der Waals surface area contributed by atoms with Gasteiger partial charge in [0.25, 0.3) is 0 Å². The summed E-state index contributed by atoms with van der Waals surface area (Å²) < 4.78 is 37.4. The van der Waals surface area contributed by atoms with E-state index in [9.17, 15) is 18.0 Å². The van der Waals surface area contributed by atoms with Crippen molar-refractivity contribution >= 4 is 28.9 Å². The number of hydrogen-bond donors (Lipinski definition) is 0. The van der Waals surface area contributed by atoms with Crippen molar-refractivity contribution in [2.24, 2.45) is 0 Å². The molecule has 22 heavy (non-hydrogen) atoms. The van der Waals surface area contributed by atoms with Crippen LogP contribution in [0, 0.1) is 0 Å². The average molecular weight is 335 g/mol. The molecule has 1 aliphatic rings. The second-order valence-electron chi connectivity index (χ2n) is 5.54. The second kappa shape index (κ2) is 6.36. The summed E-state index contributed by atoms with van der Waals surface area (Å²) in [6.45, 7) is 2.97. The maximum absolute atomic E-state index is 12.5. The molecule has 1 aliphatic heterocycles. The minimum Gasteiger partial charge on any atom is -0.368 e. The van der Waals surface area contributed by atoms with Gasteiger partial charge in [0, 0.05) is 25.3 Å². The second-order valence-corrected chi connectivity index (χ2v) is 5.94. The number of carbonyl (C=O) groups excluding carboxylic acids is 1. The fourth-order valence-electron chi connectivity index (χ4n) is 2.70. The van der Waals surface area contributed by atoms with Gasteiger partial charge in [0.2, 0.25) is 0 Å². The van der Waals surface area contributed by atoms with Crippen LogP contribution < -0.4 is 9.80 Å². The normalized spacial score (nSPS) is 19.2. The maximum Gasteiger partial charge on any atom is 0.471 e. The van der Waals surface area contributed by atoms with Crippen molar-refractivity contribution in [2.75, 3.05) is 23.4 Å². The minimum atomic E-state index is -4.90. The topological polar surface area (TPSA) is 23.6 Å². The van der Waals surface area contributed by atoms with Crippen LogP contribution in [0.15, 0.2) is 18.2 Å². The average Bonchev–Trinajstić information content (AvgIpc) is 2.45. The summed E-state index contributed by atoms with van der Waals surface area (Å²) in [5.74, 6) is -1.91. The summed E-state index contributed by atoms with van der Waals surface area (Å²) in [5, 5.41) is 0.355. The Morgan fingerprint density at radius 3 is 2.59 bits per heavy atom. The summed E-state index contributed by atoms with van der Waals surface area (Å²) in [4.78, 5) is 14.0. The van der Waals surface area contributed by atoms with Gasteiger partial charge in [-0.2, -0.15) is 13.2 Å². The number of hydrogen-bond acceptors (Lipinski definition) is 2. The van der Waals surface area contributed by atoms with E-state index in [2.05, 4.69) is 11.8 Å². The molecule has 3 nitrogen and oxygen atoms in total. The van der Waals surface area contributed by atoms with Crippen LogP contribution in [0.5, 0.6) is 0 Å². The quantitative estimate of drug-likeness (QED) is 0.807. The lowest BCUT2D eigenvalue weighted by atomic mass is 10.0. The van der Waals surface area contributed by atoms with E-state index in [0.29, 0.717) is 16.0 Å². The van der Waals surface area contributed by atoms with E-state index in [1.165, 1.54) is 12.1 Å². The van der Waals surface area contributed by atoms with Gasteiger partial charge in [0.15, 0.2) is 0 Å². The van der Waals surface area contributed by atoms with Crippen LogP contribution in [0.4, 0.5) is 24.5 Å². The first-order valence-corrected chi connectivity index (χ1v) is 7.50. The Morgan fingerprint density at radius 1 is 1.36 bits per heavy atom. The predicted octanol–water partition coefficient (Wildman–Crippen LogP) is 4.24. The van der Waals surface area contributed by atoms with Crippen LogP contribution in [0.25, 0.3) is 0 Å². The summed E-state index contributed by atoms with van der Waals surface area (Å²) in [5.41, 5.74) is 0.922. The molecule has 0 aromatic heterocycles. The van der Waals surface area contributed by atoms with E-state index in [0.717, 1.165) is 38.5 Å². The molecule has 1 heterocycles.